The first kappa shape index (κ1) is 12.5. The predicted molar refractivity (Wildman–Crippen MR) is 66.9 cm³/mol. The van der Waals surface area contributed by atoms with Gasteiger partial charge in [0, 0.05) is 24.1 Å². The Kier molecular flexibility index (Phi) is 3.88. The van der Waals surface area contributed by atoms with E-state index < -0.39 is 0 Å². The van der Waals surface area contributed by atoms with Crippen molar-refractivity contribution in [1.82, 2.24) is 25.5 Å². The van der Waals surface area contributed by atoms with Crippen LogP contribution in [0.25, 0.3) is 11.4 Å². The van der Waals surface area contributed by atoms with Gasteiger partial charge in [-0.2, -0.15) is 4.80 Å². The first-order valence-corrected chi connectivity index (χ1v) is 5.81. The van der Waals surface area contributed by atoms with Gasteiger partial charge in [0.2, 0.25) is 11.7 Å². The lowest BCUT2D eigenvalue weighted by molar-refractivity contribution is -0.119. The molecule has 0 bridgehead atoms. The molecule has 1 N–H and O–H groups in total. The summed E-state index contributed by atoms with van der Waals surface area (Å²) in [5.74, 6) is 0.436. The van der Waals surface area contributed by atoms with E-state index >= 15 is 0 Å². The van der Waals surface area contributed by atoms with E-state index in [1.165, 1.54) is 11.7 Å². The Morgan fingerprint density at radius 3 is 3.06 bits per heavy atom. The summed E-state index contributed by atoms with van der Waals surface area (Å²) in [4.78, 5) is 12.1. The molecular weight excluding hydrogens is 254 g/mol. The normalized spacial score (nSPS) is 10.3. The minimum atomic E-state index is -0.0785. The van der Waals surface area contributed by atoms with Crippen molar-refractivity contribution >= 4 is 17.5 Å². The SMILES string of the molecule is CC(=O)NCCn1nnc(-c2cccc(Cl)c2)n1. The molecule has 0 aliphatic carbocycles. The average molecular weight is 266 g/mol. The van der Waals surface area contributed by atoms with Gasteiger partial charge in [-0.05, 0) is 17.3 Å². The topological polar surface area (TPSA) is 72.7 Å². The highest BCUT2D eigenvalue weighted by Gasteiger charge is 2.06. The molecule has 94 valence electrons. The van der Waals surface area contributed by atoms with Crippen molar-refractivity contribution in [3.63, 3.8) is 0 Å². The van der Waals surface area contributed by atoms with Crippen molar-refractivity contribution in [3.8, 4) is 11.4 Å². The van der Waals surface area contributed by atoms with Gasteiger partial charge in [0.1, 0.15) is 0 Å². The van der Waals surface area contributed by atoms with E-state index in [9.17, 15) is 4.79 Å². The van der Waals surface area contributed by atoms with Crippen LogP contribution in [0.3, 0.4) is 0 Å². The number of rotatable bonds is 4. The van der Waals surface area contributed by atoms with Crippen molar-refractivity contribution < 1.29 is 4.79 Å². The zero-order chi connectivity index (χ0) is 13.0. The number of hydrogen-bond acceptors (Lipinski definition) is 4. The number of aromatic nitrogens is 4. The highest BCUT2D eigenvalue weighted by molar-refractivity contribution is 6.30. The minimum Gasteiger partial charge on any atom is -0.354 e. The third kappa shape index (κ3) is 3.27. The summed E-state index contributed by atoms with van der Waals surface area (Å²) < 4.78 is 0. The van der Waals surface area contributed by atoms with Gasteiger partial charge in [-0.3, -0.25) is 4.79 Å². The summed E-state index contributed by atoms with van der Waals surface area (Å²) in [6.45, 7) is 2.42. The zero-order valence-electron chi connectivity index (χ0n) is 9.80. The fourth-order valence-electron chi connectivity index (χ4n) is 1.41. The van der Waals surface area contributed by atoms with Crippen LogP contribution >= 0.6 is 11.6 Å². The summed E-state index contributed by atoms with van der Waals surface area (Å²) in [5, 5.41) is 15.3. The van der Waals surface area contributed by atoms with Crippen molar-refractivity contribution in [2.24, 2.45) is 0 Å². The highest BCUT2D eigenvalue weighted by atomic mass is 35.5. The second-order valence-corrected chi connectivity index (χ2v) is 4.14. The predicted octanol–water partition coefficient (Wildman–Crippen LogP) is 1.13. The van der Waals surface area contributed by atoms with Gasteiger partial charge in [0.05, 0.1) is 6.54 Å². The molecule has 7 heteroatoms. The number of carbonyl (C=O) groups excluding carboxylic acids is 1. The van der Waals surface area contributed by atoms with E-state index in [1.54, 1.807) is 12.1 Å². The molecule has 6 nitrogen and oxygen atoms in total. The number of tetrazole rings is 1. The Morgan fingerprint density at radius 2 is 2.33 bits per heavy atom. The second kappa shape index (κ2) is 5.59. The van der Waals surface area contributed by atoms with E-state index in [0.29, 0.717) is 23.9 Å². The fourth-order valence-corrected chi connectivity index (χ4v) is 1.60. The molecule has 0 spiro atoms. The minimum absolute atomic E-state index is 0.0785. The summed E-state index contributed by atoms with van der Waals surface area (Å²) >= 11 is 5.89. The van der Waals surface area contributed by atoms with E-state index in [1.807, 2.05) is 12.1 Å². The van der Waals surface area contributed by atoms with Crippen LogP contribution in [0.2, 0.25) is 5.02 Å². The standard InChI is InChI=1S/C11H12ClN5O/c1-8(18)13-5-6-17-15-11(14-16-17)9-3-2-4-10(12)7-9/h2-4,7H,5-6H2,1H3,(H,13,18). The molecule has 18 heavy (non-hydrogen) atoms. The molecule has 0 saturated heterocycles. The van der Waals surface area contributed by atoms with E-state index in [-0.39, 0.29) is 5.91 Å². The van der Waals surface area contributed by atoms with Gasteiger partial charge in [0.25, 0.3) is 0 Å². The number of carbonyl (C=O) groups is 1. The smallest absolute Gasteiger partial charge is 0.216 e. The zero-order valence-corrected chi connectivity index (χ0v) is 10.6. The first-order chi connectivity index (χ1) is 8.65. The van der Waals surface area contributed by atoms with Gasteiger partial charge in [0.15, 0.2) is 0 Å². The molecule has 1 aromatic heterocycles. The maximum atomic E-state index is 10.7. The van der Waals surface area contributed by atoms with E-state index in [0.717, 1.165) is 5.56 Å². The molecule has 1 amide bonds. The van der Waals surface area contributed by atoms with Gasteiger partial charge >= 0.3 is 0 Å². The molecule has 0 aliphatic rings. The number of hydrogen-bond donors (Lipinski definition) is 1. The van der Waals surface area contributed by atoms with Crippen molar-refractivity contribution in [2.75, 3.05) is 6.54 Å². The Hall–Kier alpha value is -1.95. The number of nitrogens with zero attached hydrogens (tertiary/aromatic N) is 4. The van der Waals surface area contributed by atoms with Gasteiger partial charge in [-0.15, -0.1) is 10.2 Å². The van der Waals surface area contributed by atoms with Crippen LogP contribution in [0.15, 0.2) is 24.3 Å². The Balaban J connectivity index is 2.04. The Bertz CT molecular complexity index is 554. The van der Waals surface area contributed by atoms with Gasteiger partial charge in [-0.25, -0.2) is 0 Å². The first-order valence-electron chi connectivity index (χ1n) is 5.43. The molecule has 0 radical (unpaired) electrons. The lowest BCUT2D eigenvalue weighted by Gasteiger charge is -1.99. The van der Waals surface area contributed by atoms with Crippen LogP contribution in [0.5, 0.6) is 0 Å². The molecular formula is C11H12ClN5O. The lowest BCUT2D eigenvalue weighted by atomic mass is 10.2. The fraction of sp³-hybridized carbons (Fsp3) is 0.273. The van der Waals surface area contributed by atoms with E-state index in [4.69, 9.17) is 11.6 Å². The average Bonchev–Trinajstić information content (AvgIpc) is 2.77. The largest absolute Gasteiger partial charge is 0.354 e. The van der Waals surface area contributed by atoms with Crippen molar-refractivity contribution in [1.29, 1.82) is 0 Å². The van der Waals surface area contributed by atoms with Gasteiger partial charge < -0.3 is 5.32 Å². The lowest BCUT2D eigenvalue weighted by Crippen LogP contribution is -2.25. The van der Waals surface area contributed by atoms with Gasteiger partial charge in [-0.1, -0.05) is 23.7 Å². The van der Waals surface area contributed by atoms with Crippen LogP contribution in [-0.4, -0.2) is 32.7 Å². The summed E-state index contributed by atoms with van der Waals surface area (Å²) in [7, 11) is 0. The molecule has 0 unspecified atom stereocenters. The number of nitrogens with one attached hydrogen (secondary N) is 1. The second-order valence-electron chi connectivity index (χ2n) is 3.70. The maximum absolute atomic E-state index is 10.7. The highest BCUT2D eigenvalue weighted by Crippen LogP contribution is 2.18. The van der Waals surface area contributed by atoms with Crippen LogP contribution < -0.4 is 5.32 Å². The van der Waals surface area contributed by atoms with Crippen LogP contribution in [0.1, 0.15) is 6.92 Å². The quantitative estimate of drug-likeness (QED) is 0.899. The van der Waals surface area contributed by atoms with E-state index in [2.05, 4.69) is 20.7 Å². The monoisotopic (exact) mass is 265 g/mol. The molecule has 1 aromatic carbocycles. The summed E-state index contributed by atoms with van der Waals surface area (Å²) in [6, 6.07) is 7.25. The molecule has 0 fully saturated rings. The van der Waals surface area contributed by atoms with Crippen LogP contribution in [0, 0.1) is 0 Å². The molecule has 1 heterocycles. The molecule has 0 aliphatic heterocycles. The number of benzene rings is 1. The van der Waals surface area contributed by atoms with Crippen LogP contribution in [0.4, 0.5) is 0 Å². The molecule has 2 aromatic rings. The number of halogens is 1. The maximum Gasteiger partial charge on any atom is 0.216 e. The molecule has 2 rings (SSSR count). The summed E-state index contributed by atoms with van der Waals surface area (Å²) in [6.07, 6.45) is 0. The molecule has 0 atom stereocenters. The third-order valence-corrected chi connectivity index (χ3v) is 2.46. The Morgan fingerprint density at radius 1 is 1.50 bits per heavy atom. The Labute approximate surface area is 109 Å². The summed E-state index contributed by atoms with van der Waals surface area (Å²) in [5.41, 5.74) is 0.813. The van der Waals surface area contributed by atoms with Crippen molar-refractivity contribution in [3.05, 3.63) is 29.3 Å². The van der Waals surface area contributed by atoms with Crippen LogP contribution in [-0.2, 0) is 11.3 Å². The number of amides is 1. The molecule has 0 saturated carbocycles. The third-order valence-electron chi connectivity index (χ3n) is 2.22. The van der Waals surface area contributed by atoms with Crippen molar-refractivity contribution in [2.45, 2.75) is 13.5 Å².